The van der Waals surface area contributed by atoms with Crippen LogP contribution in [0, 0.1) is 0 Å². The van der Waals surface area contributed by atoms with E-state index in [1.807, 2.05) is 0 Å². The van der Waals surface area contributed by atoms with Crippen molar-refractivity contribution in [2.24, 2.45) is 5.10 Å². The van der Waals surface area contributed by atoms with Crippen LogP contribution in [0.25, 0.3) is 0 Å². The van der Waals surface area contributed by atoms with E-state index in [4.69, 9.17) is 0 Å². The molecule has 0 unspecified atom stereocenters. The van der Waals surface area contributed by atoms with E-state index in [-0.39, 0.29) is 41.9 Å². The summed E-state index contributed by atoms with van der Waals surface area (Å²) in [5.74, 6) is -0.972. The number of nitrogens with one attached hydrogen (secondary N) is 1. The fourth-order valence-electron chi connectivity index (χ4n) is 3.15. The monoisotopic (exact) mass is 406 g/mol. The molecule has 0 spiro atoms. The Morgan fingerprint density at radius 2 is 1.86 bits per heavy atom. The Bertz CT molecular complexity index is 937. The summed E-state index contributed by atoms with van der Waals surface area (Å²) in [6.45, 7) is 0. The standard InChI is InChI=1S/C18H22N4O5S/c1-21(2)18(25)12-3-5-13(6-4-12)19-17(24)15-7-8-16(23)22(20-15)14-9-10-28(26,27)11-14/h3-6,14H,7-11H2,1-2H3,(H,19,24)/t14-/m1/s1. The molecule has 0 radical (unpaired) electrons. The van der Waals surface area contributed by atoms with Crippen LogP contribution in [0.15, 0.2) is 29.4 Å². The number of hydrazone groups is 1. The van der Waals surface area contributed by atoms with Crippen LogP contribution in [0.1, 0.15) is 29.6 Å². The molecular weight excluding hydrogens is 384 g/mol. The molecular formula is C18H22N4O5S. The molecule has 3 amide bonds. The van der Waals surface area contributed by atoms with Gasteiger partial charge in [0.1, 0.15) is 5.71 Å². The summed E-state index contributed by atoms with van der Waals surface area (Å²) in [6.07, 6.45) is 0.630. The van der Waals surface area contributed by atoms with E-state index in [2.05, 4.69) is 10.4 Å². The number of sulfone groups is 1. The Morgan fingerprint density at radius 3 is 2.43 bits per heavy atom. The van der Waals surface area contributed by atoms with Gasteiger partial charge in [-0.3, -0.25) is 14.4 Å². The maximum absolute atomic E-state index is 12.5. The smallest absolute Gasteiger partial charge is 0.271 e. The van der Waals surface area contributed by atoms with E-state index in [1.54, 1.807) is 38.4 Å². The van der Waals surface area contributed by atoms with Gasteiger partial charge in [-0.05, 0) is 30.7 Å². The molecule has 1 saturated heterocycles. The van der Waals surface area contributed by atoms with E-state index in [0.717, 1.165) is 5.01 Å². The molecule has 1 aromatic rings. The minimum atomic E-state index is -3.17. The maximum atomic E-state index is 12.5. The number of carbonyl (C=O) groups is 3. The van der Waals surface area contributed by atoms with Crippen molar-refractivity contribution in [2.75, 3.05) is 30.9 Å². The van der Waals surface area contributed by atoms with Gasteiger partial charge in [-0.2, -0.15) is 5.10 Å². The van der Waals surface area contributed by atoms with Gasteiger partial charge in [0, 0.05) is 38.2 Å². The van der Waals surface area contributed by atoms with Gasteiger partial charge in [-0.15, -0.1) is 0 Å². The fraction of sp³-hybridized carbons (Fsp3) is 0.444. The molecule has 10 heteroatoms. The highest BCUT2D eigenvalue weighted by molar-refractivity contribution is 7.91. The third-order valence-corrected chi connectivity index (χ3v) is 6.42. The molecule has 9 nitrogen and oxygen atoms in total. The molecule has 0 aromatic heterocycles. The first kappa shape index (κ1) is 20.0. The van der Waals surface area contributed by atoms with E-state index in [9.17, 15) is 22.8 Å². The average Bonchev–Trinajstić information content (AvgIpc) is 3.01. The number of hydrogen-bond donors (Lipinski definition) is 1. The molecule has 1 atom stereocenters. The number of hydrogen-bond acceptors (Lipinski definition) is 6. The van der Waals surface area contributed by atoms with Crippen molar-refractivity contribution in [1.29, 1.82) is 0 Å². The summed E-state index contributed by atoms with van der Waals surface area (Å²) >= 11 is 0. The van der Waals surface area contributed by atoms with Gasteiger partial charge in [0.25, 0.3) is 11.8 Å². The van der Waals surface area contributed by atoms with Gasteiger partial charge in [-0.1, -0.05) is 0 Å². The Morgan fingerprint density at radius 1 is 1.18 bits per heavy atom. The first-order valence-electron chi connectivity index (χ1n) is 8.89. The lowest BCUT2D eigenvalue weighted by Crippen LogP contribution is -2.42. The van der Waals surface area contributed by atoms with Crippen molar-refractivity contribution in [3.05, 3.63) is 29.8 Å². The molecule has 2 aliphatic rings. The molecule has 150 valence electrons. The second-order valence-corrected chi connectivity index (χ2v) is 9.30. The van der Waals surface area contributed by atoms with Gasteiger partial charge < -0.3 is 10.2 Å². The average molecular weight is 406 g/mol. The number of amides is 3. The van der Waals surface area contributed by atoms with Gasteiger partial charge in [0.15, 0.2) is 9.84 Å². The van der Waals surface area contributed by atoms with Crippen LogP contribution in [0.5, 0.6) is 0 Å². The molecule has 2 aliphatic heterocycles. The predicted octanol–water partition coefficient (Wildman–Crippen LogP) is 0.492. The lowest BCUT2D eigenvalue weighted by Gasteiger charge is -2.27. The summed E-state index contributed by atoms with van der Waals surface area (Å²) < 4.78 is 23.3. The zero-order valence-corrected chi connectivity index (χ0v) is 16.5. The van der Waals surface area contributed by atoms with E-state index in [0.29, 0.717) is 17.7 Å². The number of carbonyl (C=O) groups excluding carboxylic acids is 3. The molecule has 1 aromatic carbocycles. The van der Waals surface area contributed by atoms with Crippen molar-refractivity contribution >= 4 is 39.0 Å². The van der Waals surface area contributed by atoms with Crippen LogP contribution in [-0.2, 0) is 19.4 Å². The number of benzene rings is 1. The Labute approximate surface area is 163 Å². The molecule has 28 heavy (non-hydrogen) atoms. The van der Waals surface area contributed by atoms with Gasteiger partial charge in [0.05, 0.1) is 17.5 Å². The molecule has 1 N–H and O–H groups in total. The van der Waals surface area contributed by atoms with Crippen LogP contribution in [0.4, 0.5) is 5.69 Å². The molecule has 0 saturated carbocycles. The zero-order valence-electron chi connectivity index (χ0n) is 15.7. The number of nitrogens with zero attached hydrogens (tertiary/aromatic N) is 3. The topological polar surface area (TPSA) is 116 Å². The molecule has 3 rings (SSSR count). The summed E-state index contributed by atoms with van der Waals surface area (Å²) in [5.41, 5.74) is 1.17. The van der Waals surface area contributed by atoms with E-state index < -0.39 is 21.8 Å². The Balaban J connectivity index is 1.70. The molecule has 2 heterocycles. The largest absolute Gasteiger partial charge is 0.345 e. The van der Waals surface area contributed by atoms with E-state index in [1.165, 1.54) is 4.90 Å². The SMILES string of the molecule is CN(C)C(=O)c1ccc(NC(=O)C2=NN([C@@H]3CCS(=O)(=O)C3)C(=O)CC2)cc1. The molecule has 1 fully saturated rings. The van der Waals surface area contributed by atoms with Crippen molar-refractivity contribution in [3.63, 3.8) is 0 Å². The Kier molecular flexibility index (Phi) is 5.50. The Hall–Kier alpha value is -2.75. The van der Waals surface area contributed by atoms with Gasteiger partial charge >= 0.3 is 0 Å². The summed E-state index contributed by atoms with van der Waals surface area (Å²) in [6, 6.07) is 5.94. The highest BCUT2D eigenvalue weighted by Gasteiger charge is 2.37. The van der Waals surface area contributed by atoms with Crippen molar-refractivity contribution in [1.82, 2.24) is 9.91 Å². The number of anilines is 1. The van der Waals surface area contributed by atoms with Crippen LogP contribution in [0.2, 0.25) is 0 Å². The quantitative estimate of drug-likeness (QED) is 0.781. The van der Waals surface area contributed by atoms with Gasteiger partial charge in [-0.25, -0.2) is 13.4 Å². The fourth-order valence-corrected chi connectivity index (χ4v) is 4.84. The third kappa shape index (κ3) is 4.38. The van der Waals surface area contributed by atoms with Crippen LogP contribution in [0.3, 0.4) is 0 Å². The van der Waals surface area contributed by atoms with Crippen LogP contribution in [-0.4, -0.2) is 73.4 Å². The first-order chi connectivity index (χ1) is 13.2. The summed E-state index contributed by atoms with van der Waals surface area (Å²) in [4.78, 5) is 38.0. The zero-order chi connectivity index (χ0) is 20.5. The summed E-state index contributed by atoms with van der Waals surface area (Å²) in [7, 11) is 0.143. The van der Waals surface area contributed by atoms with Crippen molar-refractivity contribution in [2.45, 2.75) is 25.3 Å². The first-order valence-corrected chi connectivity index (χ1v) is 10.7. The van der Waals surface area contributed by atoms with Gasteiger partial charge in [0.2, 0.25) is 5.91 Å². The lowest BCUT2D eigenvalue weighted by atomic mass is 10.1. The second-order valence-electron chi connectivity index (χ2n) is 7.07. The van der Waals surface area contributed by atoms with Crippen molar-refractivity contribution in [3.8, 4) is 0 Å². The highest BCUT2D eigenvalue weighted by Crippen LogP contribution is 2.22. The lowest BCUT2D eigenvalue weighted by molar-refractivity contribution is -0.133. The van der Waals surface area contributed by atoms with Crippen LogP contribution < -0.4 is 5.32 Å². The highest BCUT2D eigenvalue weighted by atomic mass is 32.2. The van der Waals surface area contributed by atoms with Crippen LogP contribution >= 0.6 is 0 Å². The minimum absolute atomic E-state index is 0.0243. The molecule has 0 aliphatic carbocycles. The summed E-state index contributed by atoms with van der Waals surface area (Å²) in [5, 5.41) is 7.99. The predicted molar refractivity (Wildman–Crippen MR) is 104 cm³/mol. The molecule has 0 bridgehead atoms. The van der Waals surface area contributed by atoms with Crippen molar-refractivity contribution < 1.29 is 22.8 Å². The minimum Gasteiger partial charge on any atom is -0.345 e. The van der Waals surface area contributed by atoms with E-state index >= 15 is 0 Å². The maximum Gasteiger partial charge on any atom is 0.271 e. The number of rotatable bonds is 4. The third-order valence-electron chi connectivity index (χ3n) is 4.67. The normalized spacial score (nSPS) is 21.2. The second kappa shape index (κ2) is 7.70.